The molecule has 2 aliphatic rings. The van der Waals surface area contributed by atoms with E-state index in [1.165, 1.54) is 19.3 Å². The summed E-state index contributed by atoms with van der Waals surface area (Å²) in [5.41, 5.74) is 3.63. The van der Waals surface area contributed by atoms with Crippen molar-refractivity contribution in [2.45, 2.75) is 51.1 Å². The molecule has 6 heteroatoms. The van der Waals surface area contributed by atoms with E-state index in [4.69, 9.17) is 4.42 Å². The monoisotopic (exact) mass is 395 g/mol. The third kappa shape index (κ3) is 4.03. The molecule has 6 nitrogen and oxygen atoms in total. The number of aryl methyl sites for hydroxylation is 1. The number of hydrogen-bond acceptors (Lipinski definition) is 5. The molecule has 0 saturated heterocycles. The van der Waals surface area contributed by atoms with Crippen molar-refractivity contribution >= 4 is 16.9 Å². The van der Waals surface area contributed by atoms with Crippen molar-refractivity contribution in [3.63, 3.8) is 0 Å². The van der Waals surface area contributed by atoms with E-state index >= 15 is 0 Å². The Bertz CT molecular complexity index is 953. The molecule has 1 atom stereocenters. The van der Waals surface area contributed by atoms with Crippen LogP contribution in [0.25, 0.3) is 11.0 Å². The lowest BCUT2D eigenvalue weighted by molar-refractivity contribution is -0.116. The van der Waals surface area contributed by atoms with Crippen LogP contribution in [0, 0.1) is 6.92 Å². The Morgan fingerprint density at radius 2 is 2.14 bits per heavy atom. The van der Waals surface area contributed by atoms with Crippen molar-refractivity contribution in [2.75, 3.05) is 13.2 Å². The first-order valence-electron chi connectivity index (χ1n) is 10.4. The molecule has 1 saturated carbocycles. The quantitative estimate of drug-likeness (QED) is 0.578. The zero-order chi connectivity index (χ0) is 20.4. The van der Waals surface area contributed by atoms with Crippen LogP contribution in [0.3, 0.4) is 0 Å². The van der Waals surface area contributed by atoms with Crippen LogP contribution in [0.4, 0.5) is 0 Å². The fourth-order valence-corrected chi connectivity index (χ4v) is 4.42. The van der Waals surface area contributed by atoms with Crippen LogP contribution in [0.5, 0.6) is 0 Å². The number of aliphatic hydroxyl groups excluding tert-OH is 1. The molecular weight excluding hydrogens is 366 g/mol. The summed E-state index contributed by atoms with van der Waals surface area (Å²) < 4.78 is 5.97. The lowest BCUT2D eigenvalue weighted by Gasteiger charge is -2.27. The third-order valence-electron chi connectivity index (χ3n) is 5.82. The number of amides is 1. The second kappa shape index (κ2) is 8.33. The van der Waals surface area contributed by atoms with Crippen LogP contribution in [0.15, 0.2) is 52.2 Å². The average Bonchev–Trinajstić information content (AvgIpc) is 3.28. The van der Waals surface area contributed by atoms with E-state index in [2.05, 4.69) is 22.5 Å². The predicted octanol–water partition coefficient (Wildman–Crippen LogP) is 3.18. The van der Waals surface area contributed by atoms with Crippen molar-refractivity contribution in [1.82, 2.24) is 16.0 Å². The van der Waals surface area contributed by atoms with Crippen LogP contribution >= 0.6 is 0 Å². The summed E-state index contributed by atoms with van der Waals surface area (Å²) in [7, 11) is 0. The minimum Gasteiger partial charge on any atom is -0.461 e. The van der Waals surface area contributed by atoms with Gasteiger partial charge >= 0.3 is 0 Å². The molecule has 0 radical (unpaired) electrons. The molecule has 154 valence electrons. The lowest BCUT2D eigenvalue weighted by Crippen LogP contribution is -2.33. The molecule has 29 heavy (non-hydrogen) atoms. The molecule has 0 bridgehead atoms. The molecule has 1 fully saturated rings. The SMILES string of the molecule is C=C(CO)NC(C1=C(NC2CCCCC2)CNC1=O)c1cccc2cc(C)oc12. The van der Waals surface area contributed by atoms with Gasteiger partial charge in [-0.25, -0.2) is 0 Å². The van der Waals surface area contributed by atoms with Gasteiger partial charge in [-0.05, 0) is 25.8 Å². The number of para-hydroxylation sites is 1. The third-order valence-corrected chi connectivity index (χ3v) is 5.82. The van der Waals surface area contributed by atoms with Crippen molar-refractivity contribution in [3.05, 3.63) is 59.1 Å². The number of benzene rings is 1. The molecule has 2 heterocycles. The Balaban J connectivity index is 1.77. The first kappa shape index (κ1) is 19.6. The zero-order valence-corrected chi connectivity index (χ0v) is 16.9. The molecule has 0 spiro atoms. The maximum Gasteiger partial charge on any atom is 0.251 e. The van der Waals surface area contributed by atoms with E-state index in [-0.39, 0.29) is 12.5 Å². The molecule has 2 aromatic rings. The van der Waals surface area contributed by atoms with Crippen molar-refractivity contribution < 1.29 is 14.3 Å². The normalized spacial score (nSPS) is 18.8. The van der Waals surface area contributed by atoms with Crippen LogP contribution in [0.2, 0.25) is 0 Å². The van der Waals surface area contributed by atoms with Crippen molar-refractivity contribution in [2.24, 2.45) is 0 Å². The zero-order valence-electron chi connectivity index (χ0n) is 16.9. The van der Waals surface area contributed by atoms with E-state index in [0.717, 1.165) is 40.8 Å². The second-order valence-electron chi connectivity index (χ2n) is 8.02. The van der Waals surface area contributed by atoms with Gasteiger partial charge < -0.3 is 25.5 Å². The summed E-state index contributed by atoms with van der Waals surface area (Å²) in [6.07, 6.45) is 5.96. The van der Waals surface area contributed by atoms with Crippen molar-refractivity contribution in [1.29, 1.82) is 0 Å². The number of hydrogen-bond donors (Lipinski definition) is 4. The first-order chi connectivity index (χ1) is 14.1. The van der Waals surface area contributed by atoms with E-state index < -0.39 is 6.04 Å². The number of furan rings is 1. The Morgan fingerprint density at radius 3 is 2.90 bits per heavy atom. The largest absolute Gasteiger partial charge is 0.461 e. The maximum atomic E-state index is 12.9. The second-order valence-corrected chi connectivity index (χ2v) is 8.02. The van der Waals surface area contributed by atoms with Gasteiger partial charge in [0.05, 0.1) is 24.8 Å². The average molecular weight is 396 g/mol. The van der Waals surface area contributed by atoms with Gasteiger partial charge in [-0.3, -0.25) is 4.79 Å². The lowest BCUT2D eigenvalue weighted by atomic mass is 9.93. The molecule has 1 unspecified atom stereocenters. The van der Waals surface area contributed by atoms with Gasteiger partial charge in [-0.15, -0.1) is 0 Å². The summed E-state index contributed by atoms with van der Waals surface area (Å²) in [4.78, 5) is 12.9. The van der Waals surface area contributed by atoms with Gasteiger partial charge in [-0.1, -0.05) is 44.0 Å². The minimum absolute atomic E-state index is 0.105. The Kier molecular flexibility index (Phi) is 5.62. The summed E-state index contributed by atoms with van der Waals surface area (Å²) in [6.45, 7) is 6.09. The van der Waals surface area contributed by atoms with E-state index in [1.54, 1.807) is 0 Å². The summed E-state index contributed by atoms with van der Waals surface area (Å²) in [5, 5.41) is 20.4. The number of nitrogens with one attached hydrogen (secondary N) is 3. The van der Waals surface area contributed by atoms with Gasteiger partial charge in [0.25, 0.3) is 5.91 Å². The van der Waals surface area contributed by atoms with Gasteiger partial charge in [0, 0.05) is 28.4 Å². The topological polar surface area (TPSA) is 86.5 Å². The molecule has 1 aliphatic heterocycles. The smallest absolute Gasteiger partial charge is 0.251 e. The maximum absolute atomic E-state index is 12.9. The first-order valence-corrected chi connectivity index (χ1v) is 10.4. The molecule has 4 N–H and O–H groups in total. The number of carbonyl (C=O) groups excluding carboxylic acids is 1. The highest BCUT2D eigenvalue weighted by Gasteiger charge is 2.33. The number of rotatable bonds is 7. The number of fused-ring (bicyclic) bond motifs is 1. The van der Waals surface area contributed by atoms with E-state index in [0.29, 0.717) is 23.9 Å². The molecule has 1 amide bonds. The van der Waals surface area contributed by atoms with Gasteiger partial charge in [-0.2, -0.15) is 0 Å². The van der Waals surface area contributed by atoms with Crippen molar-refractivity contribution in [3.8, 4) is 0 Å². The Hall–Kier alpha value is -2.73. The highest BCUT2D eigenvalue weighted by atomic mass is 16.3. The molecule has 1 aromatic heterocycles. The standard InChI is InChI=1S/C23H29N3O3/c1-14(13-27)25-21(18-10-6-7-16-11-15(2)29-22(16)18)20-19(12-24-23(20)28)26-17-8-4-3-5-9-17/h6-7,10-11,17,21,25-27H,1,3-5,8-9,12-13H2,2H3,(H,24,28). The fraction of sp³-hybridized carbons (Fsp3) is 0.435. The summed E-state index contributed by atoms with van der Waals surface area (Å²) in [6, 6.07) is 7.84. The molecular formula is C23H29N3O3. The van der Waals surface area contributed by atoms with Crippen LogP contribution in [0.1, 0.15) is 49.5 Å². The highest BCUT2D eigenvalue weighted by molar-refractivity contribution is 5.99. The number of carbonyl (C=O) groups is 1. The van der Waals surface area contributed by atoms with E-state index in [1.807, 2.05) is 31.2 Å². The molecule has 1 aromatic carbocycles. The van der Waals surface area contributed by atoms with Crippen LogP contribution in [-0.4, -0.2) is 30.2 Å². The Labute approximate surface area is 171 Å². The predicted molar refractivity (Wildman–Crippen MR) is 113 cm³/mol. The molecule has 1 aliphatic carbocycles. The van der Waals surface area contributed by atoms with Gasteiger partial charge in [0.15, 0.2) is 0 Å². The fourth-order valence-electron chi connectivity index (χ4n) is 4.42. The van der Waals surface area contributed by atoms with Gasteiger partial charge in [0.2, 0.25) is 0 Å². The van der Waals surface area contributed by atoms with Gasteiger partial charge in [0.1, 0.15) is 11.3 Å². The van der Waals surface area contributed by atoms with E-state index in [9.17, 15) is 9.90 Å². The summed E-state index contributed by atoms with van der Waals surface area (Å²) >= 11 is 0. The van der Waals surface area contributed by atoms with Crippen LogP contribution in [-0.2, 0) is 4.79 Å². The summed E-state index contributed by atoms with van der Waals surface area (Å²) in [5.74, 6) is 0.712. The molecule has 4 rings (SSSR count). The van der Waals surface area contributed by atoms with Crippen LogP contribution < -0.4 is 16.0 Å². The highest BCUT2D eigenvalue weighted by Crippen LogP contribution is 2.34. The Morgan fingerprint density at radius 1 is 1.34 bits per heavy atom. The number of aliphatic hydroxyl groups is 1. The minimum atomic E-state index is -0.461.